The highest BCUT2D eigenvalue weighted by Crippen LogP contribution is 2.24. The molecular weight excluding hydrogens is 461 g/mol. The number of amidine groups is 1. The quantitative estimate of drug-likeness (QED) is 0.319. The summed E-state index contributed by atoms with van der Waals surface area (Å²) in [5.74, 6) is -1.09. The normalized spacial score (nSPS) is 18.4. The zero-order valence-electron chi connectivity index (χ0n) is 18.9. The molecule has 2 heterocycles. The van der Waals surface area contributed by atoms with E-state index >= 15 is 0 Å². The molecule has 10 heteroatoms. The lowest BCUT2D eigenvalue weighted by Crippen LogP contribution is -2.51. The monoisotopic (exact) mass is 487 g/mol. The second-order valence-electron chi connectivity index (χ2n) is 7.91. The Hall–Kier alpha value is -3.43. The molecule has 1 fully saturated rings. The fourth-order valence-corrected chi connectivity index (χ4v) is 3.73. The van der Waals surface area contributed by atoms with Gasteiger partial charge in [0.2, 0.25) is 0 Å². The lowest BCUT2D eigenvalue weighted by molar-refractivity contribution is -0.0281. The van der Waals surface area contributed by atoms with Crippen LogP contribution in [0.4, 0.5) is 10.1 Å². The third-order valence-electron chi connectivity index (χ3n) is 5.38. The summed E-state index contributed by atoms with van der Waals surface area (Å²) in [6.45, 7) is 8.90. The summed E-state index contributed by atoms with van der Waals surface area (Å²) < 4.78 is 19.2. The summed E-state index contributed by atoms with van der Waals surface area (Å²) in [6.07, 6.45) is 5.06. The number of pyridine rings is 1. The van der Waals surface area contributed by atoms with Gasteiger partial charge in [0.1, 0.15) is 11.7 Å². The lowest BCUT2D eigenvalue weighted by Gasteiger charge is -2.40. The van der Waals surface area contributed by atoms with Crippen LogP contribution >= 0.6 is 11.6 Å². The van der Waals surface area contributed by atoms with Crippen LogP contribution in [0.15, 0.2) is 55.3 Å². The van der Waals surface area contributed by atoms with Crippen molar-refractivity contribution in [2.75, 3.05) is 18.5 Å². The summed E-state index contributed by atoms with van der Waals surface area (Å²) in [5, 5.41) is 24.3. The van der Waals surface area contributed by atoms with Gasteiger partial charge in [-0.15, -0.1) is 0 Å². The molecule has 180 valence electrons. The van der Waals surface area contributed by atoms with Gasteiger partial charge in [0.15, 0.2) is 0 Å². The Morgan fingerprint density at radius 3 is 2.82 bits per heavy atom. The molecule has 3 rings (SSSR count). The molecule has 2 atom stereocenters. The molecule has 2 aromatic rings. The van der Waals surface area contributed by atoms with Gasteiger partial charge in [-0.2, -0.15) is 0 Å². The minimum atomic E-state index is -1.11. The fourth-order valence-electron chi connectivity index (χ4n) is 3.55. The van der Waals surface area contributed by atoms with Crippen molar-refractivity contribution >= 4 is 34.7 Å². The van der Waals surface area contributed by atoms with Crippen LogP contribution in [0.1, 0.15) is 36.2 Å². The number of aromatic carboxylic acids is 1. The second kappa shape index (κ2) is 11.1. The number of morpholine rings is 1. The van der Waals surface area contributed by atoms with Gasteiger partial charge >= 0.3 is 5.97 Å². The summed E-state index contributed by atoms with van der Waals surface area (Å²) in [7, 11) is 0. The highest BCUT2D eigenvalue weighted by atomic mass is 35.5. The van der Waals surface area contributed by atoms with E-state index in [1.54, 1.807) is 6.20 Å². The Balaban J connectivity index is 1.90. The number of carbonyl (C=O) groups is 1. The molecule has 4 N–H and O–H groups in total. The van der Waals surface area contributed by atoms with E-state index in [1.807, 2.05) is 18.7 Å². The smallest absolute Gasteiger partial charge is 0.337 e. The van der Waals surface area contributed by atoms with Gasteiger partial charge in [-0.05, 0) is 37.6 Å². The van der Waals surface area contributed by atoms with Gasteiger partial charge < -0.3 is 25.4 Å². The van der Waals surface area contributed by atoms with Crippen LogP contribution in [0.3, 0.4) is 0 Å². The van der Waals surface area contributed by atoms with Crippen LogP contribution in [0, 0.1) is 11.2 Å². The van der Waals surface area contributed by atoms with E-state index in [4.69, 9.17) is 21.7 Å². The number of carboxylic acids is 1. The molecule has 0 aliphatic carbocycles. The van der Waals surface area contributed by atoms with E-state index in [1.165, 1.54) is 36.7 Å². The summed E-state index contributed by atoms with van der Waals surface area (Å²) in [5.41, 5.74) is 1.43. The van der Waals surface area contributed by atoms with E-state index in [-0.39, 0.29) is 28.6 Å². The Kier molecular flexibility index (Phi) is 8.25. The molecule has 0 saturated carbocycles. The predicted molar refractivity (Wildman–Crippen MR) is 130 cm³/mol. The Morgan fingerprint density at radius 1 is 1.41 bits per heavy atom. The molecule has 0 amide bonds. The van der Waals surface area contributed by atoms with Crippen LogP contribution < -0.4 is 10.6 Å². The van der Waals surface area contributed by atoms with Crippen LogP contribution in [-0.2, 0) is 4.74 Å². The van der Waals surface area contributed by atoms with E-state index in [0.717, 1.165) is 6.42 Å². The number of benzene rings is 1. The molecule has 1 aromatic carbocycles. The van der Waals surface area contributed by atoms with Gasteiger partial charge in [0.25, 0.3) is 0 Å². The van der Waals surface area contributed by atoms with Crippen LogP contribution in [-0.4, -0.2) is 52.1 Å². The number of halogens is 2. The minimum absolute atomic E-state index is 0.00500. The van der Waals surface area contributed by atoms with Crippen molar-refractivity contribution in [3.63, 3.8) is 0 Å². The number of hydrogen-bond acceptors (Lipinski definition) is 6. The maximum Gasteiger partial charge on any atom is 0.337 e. The molecule has 0 radical (unpaired) electrons. The van der Waals surface area contributed by atoms with Gasteiger partial charge in [-0.25, -0.2) is 9.18 Å². The number of anilines is 1. The Morgan fingerprint density at radius 2 is 2.15 bits per heavy atom. The fraction of sp³-hybridized carbons (Fsp3) is 0.292. The number of rotatable bonds is 8. The zero-order chi connectivity index (χ0) is 24.8. The van der Waals surface area contributed by atoms with Gasteiger partial charge in [-0.1, -0.05) is 25.1 Å². The average molecular weight is 488 g/mol. The third-order valence-corrected chi connectivity index (χ3v) is 5.67. The first-order valence-electron chi connectivity index (χ1n) is 10.7. The lowest BCUT2D eigenvalue weighted by atomic mass is 10.0. The first-order valence-corrected chi connectivity index (χ1v) is 11.1. The van der Waals surface area contributed by atoms with Crippen molar-refractivity contribution in [2.45, 2.75) is 32.4 Å². The van der Waals surface area contributed by atoms with Crippen LogP contribution in [0.5, 0.6) is 0 Å². The van der Waals surface area contributed by atoms with E-state index in [2.05, 4.69) is 22.2 Å². The first kappa shape index (κ1) is 25.2. The van der Waals surface area contributed by atoms with Crippen molar-refractivity contribution in [1.29, 1.82) is 5.41 Å². The maximum atomic E-state index is 13.4. The third kappa shape index (κ3) is 6.12. The predicted octanol–water partition coefficient (Wildman–Crippen LogP) is 4.56. The molecule has 0 spiro atoms. The SMILES string of the molecule is C=C(NC=C(C(=N)N1CC(C)OCC1CC)c1cncc(C(=O)O)c1)Nc1ccc(F)c(Cl)c1. The Labute approximate surface area is 202 Å². The standard InChI is InChI=1S/C24H27ClFN5O3/c1-4-19-13-34-14(2)12-31(19)23(27)20(16-7-17(24(32)33)10-28-9-16)11-29-15(3)30-18-5-6-22(26)21(25)8-18/h5-11,14,19,27,29-30H,3-4,12-13H2,1-2H3,(H,32,33). The van der Waals surface area contributed by atoms with Crippen LogP contribution in [0.25, 0.3) is 5.57 Å². The summed E-state index contributed by atoms with van der Waals surface area (Å²) >= 11 is 5.84. The van der Waals surface area contributed by atoms with Crippen molar-refractivity contribution < 1.29 is 19.0 Å². The largest absolute Gasteiger partial charge is 0.478 e. The van der Waals surface area contributed by atoms with Crippen molar-refractivity contribution in [1.82, 2.24) is 15.2 Å². The number of ether oxygens (including phenoxy) is 1. The molecule has 2 unspecified atom stereocenters. The minimum Gasteiger partial charge on any atom is -0.478 e. The maximum absolute atomic E-state index is 13.4. The molecular formula is C24H27ClFN5O3. The van der Waals surface area contributed by atoms with Gasteiger partial charge in [0.05, 0.1) is 35.2 Å². The van der Waals surface area contributed by atoms with E-state index < -0.39 is 11.8 Å². The number of nitrogens with one attached hydrogen (secondary N) is 3. The number of nitrogens with zero attached hydrogens (tertiary/aromatic N) is 2. The molecule has 1 aromatic heterocycles. The van der Waals surface area contributed by atoms with Crippen LogP contribution in [0.2, 0.25) is 5.02 Å². The number of hydrogen-bond donors (Lipinski definition) is 4. The summed E-state index contributed by atoms with van der Waals surface area (Å²) in [4.78, 5) is 17.5. The number of aromatic nitrogens is 1. The topological polar surface area (TPSA) is 111 Å². The van der Waals surface area contributed by atoms with Crippen molar-refractivity contribution in [2.24, 2.45) is 0 Å². The zero-order valence-corrected chi connectivity index (χ0v) is 19.7. The first-order chi connectivity index (χ1) is 16.2. The summed E-state index contributed by atoms with van der Waals surface area (Å²) in [6, 6.07) is 5.66. The number of carboxylic acid groups (broad SMARTS) is 1. The Bertz CT molecular complexity index is 1120. The molecule has 1 saturated heterocycles. The van der Waals surface area contributed by atoms with Gasteiger partial charge in [-0.3, -0.25) is 10.4 Å². The molecule has 1 aliphatic rings. The van der Waals surface area contributed by atoms with Crippen molar-refractivity contribution in [3.05, 3.63) is 77.2 Å². The highest BCUT2D eigenvalue weighted by molar-refractivity contribution is 6.31. The van der Waals surface area contributed by atoms with Crippen molar-refractivity contribution in [3.8, 4) is 0 Å². The molecule has 8 nitrogen and oxygen atoms in total. The van der Waals surface area contributed by atoms with E-state index in [0.29, 0.717) is 35.8 Å². The second-order valence-corrected chi connectivity index (χ2v) is 8.32. The molecule has 0 bridgehead atoms. The van der Waals surface area contributed by atoms with E-state index in [9.17, 15) is 14.3 Å². The van der Waals surface area contributed by atoms with Gasteiger partial charge in [0, 0.05) is 42.0 Å². The highest BCUT2D eigenvalue weighted by Gasteiger charge is 2.29. The molecule has 34 heavy (non-hydrogen) atoms. The molecule has 1 aliphatic heterocycles. The average Bonchev–Trinajstić information content (AvgIpc) is 2.81.